The van der Waals surface area contributed by atoms with Gasteiger partial charge in [0.05, 0.1) is 18.4 Å². The van der Waals surface area contributed by atoms with Gasteiger partial charge in [0.15, 0.2) is 0 Å². The SMILES string of the molecule is CCC(N1CCCCC1)N(CC(C)O)CC(C)O. The number of piperidine rings is 1. The third-order valence-corrected chi connectivity index (χ3v) is 3.60. The minimum atomic E-state index is -0.345. The highest BCUT2D eigenvalue weighted by atomic mass is 16.3. The highest BCUT2D eigenvalue weighted by molar-refractivity contribution is 4.77. The van der Waals surface area contributed by atoms with E-state index >= 15 is 0 Å². The van der Waals surface area contributed by atoms with Crippen molar-refractivity contribution in [1.29, 1.82) is 0 Å². The average molecular weight is 258 g/mol. The molecule has 0 aliphatic carbocycles. The lowest BCUT2D eigenvalue weighted by Gasteiger charge is -2.42. The van der Waals surface area contributed by atoms with Crippen LogP contribution in [-0.2, 0) is 0 Å². The van der Waals surface area contributed by atoms with Crippen LogP contribution in [0.2, 0.25) is 0 Å². The summed E-state index contributed by atoms with van der Waals surface area (Å²) in [7, 11) is 0. The van der Waals surface area contributed by atoms with Gasteiger partial charge in [-0.15, -0.1) is 0 Å². The summed E-state index contributed by atoms with van der Waals surface area (Å²) in [5.41, 5.74) is 0. The van der Waals surface area contributed by atoms with Gasteiger partial charge in [-0.05, 0) is 46.2 Å². The van der Waals surface area contributed by atoms with Crippen molar-refractivity contribution in [3.05, 3.63) is 0 Å². The number of hydrogen-bond donors (Lipinski definition) is 2. The number of likely N-dealkylation sites (tertiary alicyclic amines) is 1. The van der Waals surface area contributed by atoms with Crippen LogP contribution in [0.3, 0.4) is 0 Å². The maximum absolute atomic E-state index is 9.64. The van der Waals surface area contributed by atoms with Crippen molar-refractivity contribution in [2.24, 2.45) is 0 Å². The van der Waals surface area contributed by atoms with Crippen molar-refractivity contribution in [2.75, 3.05) is 26.2 Å². The van der Waals surface area contributed by atoms with E-state index in [1.165, 1.54) is 19.3 Å². The Morgan fingerprint density at radius 1 is 1.00 bits per heavy atom. The summed E-state index contributed by atoms with van der Waals surface area (Å²) < 4.78 is 0. The number of nitrogens with zero attached hydrogens (tertiary/aromatic N) is 2. The van der Waals surface area contributed by atoms with Crippen LogP contribution in [0.25, 0.3) is 0 Å². The minimum Gasteiger partial charge on any atom is -0.392 e. The summed E-state index contributed by atoms with van der Waals surface area (Å²) in [5.74, 6) is 0. The maximum Gasteiger partial charge on any atom is 0.0639 e. The number of hydrogen-bond acceptors (Lipinski definition) is 4. The van der Waals surface area contributed by atoms with Crippen molar-refractivity contribution >= 4 is 0 Å². The summed E-state index contributed by atoms with van der Waals surface area (Å²) in [4.78, 5) is 4.74. The van der Waals surface area contributed by atoms with Crippen LogP contribution in [0.15, 0.2) is 0 Å². The Morgan fingerprint density at radius 2 is 1.50 bits per heavy atom. The van der Waals surface area contributed by atoms with Crippen LogP contribution in [0.4, 0.5) is 0 Å². The van der Waals surface area contributed by atoms with Gasteiger partial charge >= 0.3 is 0 Å². The Kier molecular flexibility index (Phi) is 7.15. The van der Waals surface area contributed by atoms with Crippen LogP contribution in [0, 0.1) is 0 Å². The molecule has 3 unspecified atom stereocenters. The molecular formula is C14H30N2O2. The molecule has 1 fully saturated rings. The predicted octanol–water partition coefficient (Wildman–Crippen LogP) is 1.27. The summed E-state index contributed by atoms with van der Waals surface area (Å²) in [6.07, 6.45) is 4.58. The van der Waals surface area contributed by atoms with Crippen LogP contribution >= 0.6 is 0 Å². The van der Waals surface area contributed by atoms with Crippen LogP contribution in [0.5, 0.6) is 0 Å². The second kappa shape index (κ2) is 8.10. The molecule has 0 spiro atoms. The molecule has 0 radical (unpaired) electrons. The van der Waals surface area contributed by atoms with Crippen molar-refractivity contribution in [2.45, 2.75) is 64.8 Å². The monoisotopic (exact) mass is 258 g/mol. The van der Waals surface area contributed by atoms with Gasteiger partial charge in [-0.2, -0.15) is 0 Å². The molecule has 18 heavy (non-hydrogen) atoms. The van der Waals surface area contributed by atoms with Gasteiger partial charge in [-0.1, -0.05) is 13.3 Å². The summed E-state index contributed by atoms with van der Waals surface area (Å²) in [6, 6.07) is 0. The lowest BCUT2D eigenvalue weighted by atomic mass is 10.1. The van der Waals surface area contributed by atoms with E-state index in [9.17, 15) is 10.2 Å². The normalized spacial score (nSPS) is 23.0. The summed E-state index contributed by atoms with van der Waals surface area (Å²) >= 11 is 0. The molecule has 4 nitrogen and oxygen atoms in total. The molecule has 0 amide bonds. The lowest BCUT2D eigenvalue weighted by molar-refractivity contribution is -0.0186. The molecule has 1 rings (SSSR count). The quantitative estimate of drug-likeness (QED) is 0.722. The van der Waals surface area contributed by atoms with E-state index in [1.807, 2.05) is 13.8 Å². The zero-order chi connectivity index (χ0) is 13.5. The molecule has 4 heteroatoms. The van der Waals surface area contributed by atoms with E-state index in [0.29, 0.717) is 19.3 Å². The summed E-state index contributed by atoms with van der Waals surface area (Å²) in [5, 5.41) is 19.3. The molecule has 108 valence electrons. The number of aliphatic hydroxyl groups excluding tert-OH is 2. The fourth-order valence-electron chi connectivity index (χ4n) is 2.96. The Hall–Kier alpha value is -0.160. The molecule has 0 aromatic heterocycles. The Morgan fingerprint density at radius 3 is 1.89 bits per heavy atom. The van der Waals surface area contributed by atoms with E-state index in [1.54, 1.807) is 0 Å². The molecule has 0 aromatic rings. The lowest BCUT2D eigenvalue weighted by Crippen LogP contribution is -2.53. The van der Waals surface area contributed by atoms with Gasteiger partial charge in [0.2, 0.25) is 0 Å². The maximum atomic E-state index is 9.64. The van der Waals surface area contributed by atoms with Gasteiger partial charge in [0.25, 0.3) is 0 Å². The van der Waals surface area contributed by atoms with E-state index in [2.05, 4.69) is 16.7 Å². The zero-order valence-electron chi connectivity index (χ0n) is 12.2. The first-order valence-electron chi connectivity index (χ1n) is 7.38. The molecule has 0 aromatic carbocycles. The third kappa shape index (κ3) is 5.22. The van der Waals surface area contributed by atoms with Crippen molar-refractivity contribution in [3.63, 3.8) is 0 Å². The third-order valence-electron chi connectivity index (χ3n) is 3.60. The van der Waals surface area contributed by atoms with Crippen molar-refractivity contribution in [3.8, 4) is 0 Å². The zero-order valence-corrected chi connectivity index (χ0v) is 12.2. The topological polar surface area (TPSA) is 46.9 Å². The van der Waals surface area contributed by atoms with Crippen LogP contribution in [-0.4, -0.2) is 64.6 Å². The van der Waals surface area contributed by atoms with Gasteiger partial charge < -0.3 is 10.2 Å². The molecule has 1 saturated heterocycles. The first-order chi connectivity index (χ1) is 8.54. The Labute approximate surface area is 112 Å². The molecule has 1 aliphatic rings. The second-order valence-electron chi connectivity index (χ2n) is 5.64. The van der Waals surface area contributed by atoms with Gasteiger partial charge in [0, 0.05) is 13.1 Å². The summed E-state index contributed by atoms with van der Waals surface area (Å²) in [6.45, 7) is 9.40. The molecular weight excluding hydrogens is 228 g/mol. The van der Waals surface area contributed by atoms with Gasteiger partial charge in [-0.3, -0.25) is 9.80 Å². The number of aliphatic hydroxyl groups is 2. The first-order valence-corrected chi connectivity index (χ1v) is 7.38. The largest absolute Gasteiger partial charge is 0.392 e. The second-order valence-corrected chi connectivity index (χ2v) is 5.64. The van der Waals surface area contributed by atoms with Crippen molar-refractivity contribution < 1.29 is 10.2 Å². The molecule has 0 bridgehead atoms. The average Bonchev–Trinajstić information content (AvgIpc) is 2.29. The highest BCUT2D eigenvalue weighted by Crippen LogP contribution is 2.18. The Bertz CT molecular complexity index is 206. The molecule has 1 heterocycles. The molecule has 2 N–H and O–H groups in total. The molecule has 3 atom stereocenters. The molecule has 1 aliphatic heterocycles. The van der Waals surface area contributed by atoms with Gasteiger partial charge in [0.1, 0.15) is 0 Å². The standard InChI is InChI=1S/C14H30N2O2/c1-4-14(15-8-6-5-7-9-15)16(10-12(2)17)11-13(3)18/h12-14,17-18H,4-11H2,1-3H3. The Balaban J connectivity index is 2.64. The predicted molar refractivity (Wildman–Crippen MR) is 74.4 cm³/mol. The van der Waals surface area contributed by atoms with Gasteiger partial charge in [-0.25, -0.2) is 0 Å². The van der Waals surface area contributed by atoms with Crippen LogP contribution < -0.4 is 0 Å². The smallest absolute Gasteiger partial charge is 0.0639 e. The van der Waals surface area contributed by atoms with E-state index in [-0.39, 0.29) is 12.2 Å². The van der Waals surface area contributed by atoms with E-state index in [4.69, 9.17) is 0 Å². The number of rotatable bonds is 7. The minimum absolute atomic E-state index is 0.345. The first kappa shape index (κ1) is 15.9. The van der Waals surface area contributed by atoms with Crippen molar-refractivity contribution in [1.82, 2.24) is 9.80 Å². The van der Waals surface area contributed by atoms with E-state index in [0.717, 1.165) is 19.5 Å². The van der Waals surface area contributed by atoms with E-state index < -0.39 is 0 Å². The highest BCUT2D eigenvalue weighted by Gasteiger charge is 2.26. The fraction of sp³-hybridized carbons (Fsp3) is 1.00. The molecule has 0 saturated carbocycles. The van der Waals surface area contributed by atoms with Crippen LogP contribution in [0.1, 0.15) is 46.5 Å². The fourth-order valence-corrected chi connectivity index (χ4v) is 2.96.